The smallest absolute Gasteiger partial charge is 0.0499 e. The molecule has 2 heteroatoms. The van der Waals surface area contributed by atoms with Crippen molar-refractivity contribution in [3.63, 3.8) is 0 Å². The van der Waals surface area contributed by atoms with E-state index in [1.54, 1.807) is 0 Å². The molecule has 2 rings (SSSR count). The molecule has 100 valence electrons. The zero-order chi connectivity index (χ0) is 12.3. The van der Waals surface area contributed by atoms with Crippen LogP contribution in [0.3, 0.4) is 0 Å². The van der Waals surface area contributed by atoms with Crippen molar-refractivity contribution in [2.24, 2.45) is 17.3 Å². The van der Waals surface area contributed by atoms with Crippen LogP contribution in [0.5, 0.6) is 0 Å². The topological polar surface area (TPSA) is 23.5 Å². The molecule has 0 aromatic carbocycles. The minimum atomic E-state index is 0.213. The highest BCUT2D eigenvalue weighted by Crippen LogP contribution is 2.39. The van der Waals surface area contributed by atoms with Crippen LogP contribution in [-0.4, -0.2) is 36.8 Å². The quantitative estimate of drug-likeness (QED) is 0.797. The molecule has 0 heterocycles. The van der Waals surface area contributed by atoms with Crippen molar-refractivity contribution in [1.29, 1.82) is 0 Å². The van der Waals surface area contributed by atoms with Gasteiger partial charge < -0.3 is 10.0 Å². The van der Waals surface area contributed by atoms with E-state index in [0.29, 0.717) is 6.61 Å². The molecule has 0 unspecified atom stereocenters. The third-order valence-corrected chi connectivity index (χ3v) is 5.07. The molecule has 0 aliphatic heterocycles. The summed E-state index contributed by atoms with van der Waals surface area (Å²) in [5.41, 5.74) is 0.213. The van der Waals surface area contributed by atoms with E-state index in [4.69, 9.17) is 0 Å². The third kappa shape index (κ3) is 3.45. The van der Waals surface area contributed by atoms with Crippen molar-refractivity contribution >= 4 is 0 Å². The Balaban J connectivity index is 1.80. The average Bonchev–Trinajstić information content (AvgIpc) is 2.27. The van der Waals surface area contributed by atoms with Gasteiger partial charge in [0.2, 0.25) is 0 Å². The highest BCUT2D eigenvalue weighted by Gasteiger charge is 2.35. The molecule has 1 N–H and O–H groups in total. The Hall–Kier alpha value is -0.0800. The summed E-state index contributed by atoms with van der Waals surface area (Å²) in [7, 11) is 2.24. The Labute approximate surface area is 106 Å². The summed E-state index contributed by atoms with van der Waals surface area (Å²) in [5.74, 6) is 1.81. The monoisotopic (exact) mass is 239 g/mol. The first kappa shape index (κ1) is 13.4. The summed E-state index contributed by atoms with van der Waals surface area (Å²) in [6.07, 6.45) is 9.33. The van der Waals surface area contributed by atoms with Gasteiger partial charge in [-0.1, -0.05) is 26.2 Å². The van der Waals surface area contributed by atoms with E-state index < -0.39 is 0 Å². The van der Waals surface area contributed by atoms with Gasteiger partial charge in [0, 0.05) is 25.1 Å². The Bertz CT molecular complexity index is 229. The van der Waals surface area contributed by atoms with Crippen LogP contribution in [0.15, 0.2) is 0 Å². The molecule has 17 heavy (non-hydrogen) atoms. The summed E-state index contributed by atoms with van der Waals surface area (Å²) in [4.78, 5) is 2.48. The Kier molecular flexibility index (Phi) is 4.48. The summed E-state index contributed by atoms with van der Waals surface area (Å²) < 4.78 is 0. The number of aliphatic hydroxyl groups is 1. The molecule has 0 amide bonds. The molecule has 0 bridgehead atoms. The van der Waals surface area contributed by atoms with Crippen LogP contribution in [0.2, 0.25) is 0 Å². The van der Waals surface area contributed by atoms with E-state index in [9.17, 15) is 5.11 Å². The molecule has 0 atom stereocenters. The fourth-order valence-electron chi connectivity index (χ4n) is 3.49. The van der Waals surface area contributed by atoms with E-state index in [-0.39, 0.29) is 5.41 Å². The lowest BCUT2D eigenvalue weighted by atomic mass is 9.71. The molecule has 0 aromatic heterocycles. The Morgan fingerprint density at radius 1 is 1.18 bits per heavy atom. The molecule has 0 aromatic rings. The maximum atomic E-state index is 9.76. The van der Waals surface area contributed by atoms with Gasteiger partial charge >= 0.3 is 0 Å². The fourth-order valence-corrected chi connectivity index (χ4v) is 3.49. The van der Waals surface area contributed by atoms with Crippen LogP contribution in [-0.2, 0) is 0 Å². The maximum absolute atomic E-state index is 9.76. The first-order chi connectivity index (χ1) is 8.13. The molecular formula is C15H29NO. The molecule has 2 aliphatic rings. The predicted molar refractivity (Wildman–Crippen MR) is 72.0 cm³/mol. The second-order valence-electron chi connectivity index (χ2n) is 6.83. The summed E-state index contributed by atoms with van der Waals surface area (Å²) in [6, 6.07) is 0. The normalized spacial score (nSPS) is 34.9. The first-order valence-corrected chi connectivity index (χ1v) is 7.43. The van der Waals surface area contributed by atoms with Crippen LogP contribution >= 0.6 is 0 Å². The van der Waals surface area contributed by atoms with Crippen molar-refractivity contribution in [2.75, 3.05) is 26.7 Å². The highest BCUT2D eigenvalue weighted by atomic mass is 16.3. The van der Waals surface area contributed by atoms with E-state index in [2.05, 4.69) is 18.9 Å². The molecule has 0 saturated heterocycles. The third-order valence-electron chi connectivity index (χ3n) is 5.07. The van der Waals surface area contributed by atoms with Crippen LogP contribution < -0.4 is 0 Å². The van der Waals surface area contributed by atoms with Crippen LogP contribution in [0.25, 0.3) is 0 Å². The Morgan fingerprint density at radius 2 is 1.82 bits per heavy atom. The predicted octanol–water partition coefficient (Wildman–Crippen LogP) is 2.91. The molecule has 0 spiro atoms. The molecule has 2 aliphatic carbocycles. The van der Waals surface area contributed by atoms with E-state index >= 15 is 0 Å². The van der Waals surface area contributed by atoms with Crippen LogP contribution in [0.1, 0.15) is 51.9 Å². The van der Waals surface area contributed by atoms with Crippen molar-refractivity contribution < 1.29 is 5.11 Å². The highest BCUT2D eigenvalue weighted by molar-refractivity contribution is 4.87. The van der Waals surface area contributed by atoms with Gasteiger partial charge in [-0.3, -0.25) is 0 Å². The second-order valence-corrected chi connectivity index (χ2v) is 6.83. The minimum Gasteiger partial charge on any atom is -0.396 e. The molecule has 2 saturated carbocycles. The van der Waals surface area contributed by atoms with E-state index in [1.165, 1.54) is 51.5 Å². The molecule has 0 radical (unpaired) electrons. The van der Waals surface area contributed by atoms with Gasteiger partial charge in [-0.25, -0.2) is 0 Å². The second kappa shape index (κ2) is 5.71. The van der Waals surface area contributed by atoms with Gasteiger partial charge in [0.1, 0.15) is 0 Å². The van der Waals surface area contributed by atoms with Crippen molar-refractivity contribution in [2.45, 2.75) is 51.9 Å². The van der Waals surface area contributed by atoms with Gasteiger partial charge in [0.15, 0.2) is 0 Å². The fraction of sp³-hybridized carbons (Fsp3) is 1.00. The van der Waals surface area contributed by atoms with Crippen LogP contribution in [0, 0.1) is 17.3 Å². The molecular weight excluding hydrogens is 210 g/mol. The average molecular weight is 239 g/mol. The SMILES string of the molecule is CC1CCC(CO)(CN(C)CC2CCC2)CC1. The summed E-state index contributed by atoms with van der Waals surface area (Å²) >= 11 is 0. The number of aliphatic hydroxyl groups excluding tert-OH is 1. The van der Waals surface area contributed by atoms with Gasteiger partial charge in [-0.15, -0.1) is 0 Å². The lowest BCUT2D eigenvalue weighted by Gasteiger charge is -2.42. The number of hydrogen-bond donors (Lipinski definition) is 1. The van der Waals surface area contributed by atoms with E-state index in [0.717, 1.165) is 18.4 Å². The van der Waals surface area contributed by atoms with Crippen LogP contribution in [0.4, 0.5) is 0 Å². The first-order valence-electron chi connectivity index (χ1n) is 7.43. The number of nitrogens with zero attached hydrogens (tertiary/aromatic N) is 1. The zero-order valence-electron chi connectivity index (χ0n) is 11.6. The summed E-state index contributed by atoms with van der Waals surface area (Å²) in [5, 5.41) is 9.76. The number of hydrogen-bond acceptors (Lipinski definition) is 2. The largest absolute Gasteiger partial charge is 0.396 e. The van der Waals surface area contributed by atoms with Gasteiger partial charge in [0.05, 0.1) is 0 Å². The Morgan fingerprint density at radius 3 is 2.29 bits per heavy atom. The van der Waals surface area contributed by atoms with E-state index in [1.807, 2.05) is 0 Å². The van der Waals surface area contributed by atoms with Gasteiger partial charge in [0.25, 0.3) is 0 Å². The lowest BCUT2D eigenvalue weighted by molar-refractivity contribution is 0.0290. The maximum Gasteiger partial charge on any atom is 0.0499 e. The molecule has 2 nitrogen and oxygen atoms in total. The lowest BCUT2D eigenvalue weighted by Crippen LogP contribution is -2.43. The van der Waals surface area contributed by atoms with Gasteiger partial charge in [-0.2, -0.15) is 0 Å². The zero-order valence-corrected chi connectivity index (χ0v) is 11.6. The van der Waals surface area contributed by atoms with Crippen molar-refractivity contribution in [3.8, 4) is 0 Å². The summed E-state index contributed by atoms with van der Waals surface area (Å²) in [6.45, 7) is 5.08. The minimum absolute atomic E-state index is 0.213. The van der Waals surface area contributed by atoms with Crippen molar-refractivity contribution in [3.05, 3.63) is 0 Å². The van der Waals surface area contributed by atoms with Gasteiger partial charge in [-0.05, 0) is 44.6 Å². The van der Waals surface area contributed by atoms with Crippen molar-refractivity contribution in [1.82, 2.24) is 4.90 Å². The standard InChI is InChI=1S/C15H29NO/c1-13-6-8-15(12-17,9-7-13)11-16(2)10-14-4-3-5-14/h13-14,17H,3-12H2,1-2H3. The number of rotatable bonds is 5. The molecule has 2 fully saturated rings.